The number of para-hydroxylation sites is 3. The van der Waals surface area contributed by atoms with E-state index in [1.165, 1.54) is 11.6 Å². The maximum absolute atomic E-state index is 15.6. The molecule has 6 nitrogen and oxygen atoms in total. The van der Waals surface area contributed by atoms with Crippen molar-refractivity contribution in [2.75, 3.05) is 10.2 Å². The Balaban J connectivity index is 1.51. The number of rotatable bonds is 3. The third kappa shape index (κ3) is 3.82. The van der Waals surface area contributed by atoms with Gasteiger partial charge >= 0.3 is 0 Å². The van der Waals surface area contributed by atoms with Crippen molar-refractivity contribution in [3.05, 3.63) is 131 Å². The number of aryl methyl sites for hydroxylation is 2. The van der Waals surface area contributed by atoms with Gasteiger partial charge in [0.1, 0.15) is 5.82 Å². The van der Waals surface area contributed by atoms with E-state index in [1.54, 1.807) is 6.07 Å². The second-order valence-electron chi connectivity index (χ2n) is 9.74. The summed E-state index contributed by atoms with van der Waals surface area (Å²) in [7, 11) is 0. The van der Waals surface area contributed by atoms with Crippen LogP contribution in [0.1, 0.15) is 28.4 Å². The largest absolute Gasteiger partial charge is 0.337 e. The number of nitrogens with zero attached hydrogens (tertiary/aromatic N) is 5. The normalized spacial score (nSPS) is 15.6. The van der Waals surface area contributed by atoms with Gasteiger partial charge in [-0.2, -0.15) is 5.10 Å². The lowest BCUT2D eigenvalue weighted by Gasteiger charge is -2.40. The Morgan fingerprint density at radius 3 is 2.28 bits per heavy atom. The van der Waals surface area contributed by atoms with Crippen molar-refractivity contribution in [3.8, 4) is 5.69 Å². The monoisotopic (exact) mass is 512 g/mol. The third-order valence-electron chi connectivity index (χ3n) is 7.15. The summed E-state index contributed by atoms with van der Waals surface area (Å²) in [5.74, 6) is 1.57. The Morgan fingerprint density at radius 1 is 0.769 bits per heavy atom. The number of hydrogen-bond acceptors (Lipinski definition) is 5. The molecule has 0 aliphatic carbocycles. The molecule has 5 aromatic rings. The second-order valence-corrected chi connectivity index (χ2v) is 9.74. The number of nitrogens with one attached hydrogen (secondary N) is 1. The minimum absolute atomic E-state index is 0.283. The Kier molecular flexibility index (Phi) is 5.37. The van der Waals surface area contributed by atoms with Crippen molar-refractivity contribution in [1.82, 2.24) is 9.78 Å². The molecule has 1 aromatic heterocycles. The standard InChI is InChI=1S/C32H25FN6/c1-20-16-18-22(19-17-20)34-30-32-36-31-28(21(2)37-39(31)23-10-4-3-5-11-23)29(24-12-6-7-13-25(24)33)38(32)27-15-9-8-14-26(27)35-30/h3-19,29H,1-2H3,(H,34,35)/t29-/m1/s1. The molecule has 0 unspecified atom stereocenters. The van der Waals surface area contributed by atoms with Crippen molar-refractivity contribution in [3.63, 3.8) is 0 Å². The van der Waals surface area contributed by atoms with Gasteiger partial charge in [0.25, 0.3) is 0 Å². The van der Waals surface area contributed by atoms with Crippen LogP contribution in [0.15, 0.2) is 113 Å². The predicted molar refractivity (Wildman–Crippen MR) is 154 cm³/mol. The van der Waals surface area contributed by atoms with Gasteiger partial charge in [-0.25, -0.2) is 19.1 Å². The van der Waals surface area contributed by atoms with Crippen LogP contribution < -0.4 is 10.2 Å². The van der Waals surface area contributed by atoms with Crippen LogP contribution in [0.25, 0.3) is 5.69 Å². The van der Waals surface area contributed by atoms with Crippen molar-refractivity contribution in [2.45, 2.75) is 19.9 Å². The number of hydrogen-bond donors (Lipinski definition) is 1. The van der Waals surface area contributed by atoms with Crippen LogP contribution >= 0.6 is 0 Å². The fourth-order valence-electron chi connectivity index (χ4n) is 5.31. The average Bonchev–Trinajstić information content (AvgIpc) is 3.30. The summed E-state index contributed by atoms with van der Waals surface area (Å²) in [4.78, 5) is 12.3. The van der Waals surface area contributed by atoms with Crippen LogP contribution in [-0.2, 0) is 0 Å². The molecule has 0 amide bonds. The highest BCUT2D eigenvalue weighted by Crippen LogP contribution is 2.48. The molecule has 1 N–H and O–H groups in total. The molecule has 2 aliphatic rings. The SMILES string of the molecule is Cc1ccc(NC2=Nc3ccccc3N3C2=Nc2c(c(C)nn2-c2ccccc2)[C@H]3c2ccccc2F)cc1. The van der Waals surface area contributed by atoms with Gasteiger partial charge < -0.3 is 10.2 Å². The number of benzene rings is 4. The van der Waals surface area contributed by atoms with Crippen LogP contribution in [0.3, 0.4) is 0 Å². The second kappa shape index (κ2) is 9.06. The molecule has 39 heavy (non-hydrogen) atoms. The molecule has 4 aromatic carbocycles. The van der Waals surface area contributed by atoms with Crippen LogP contribution in [0.4, 0.5) is 27.3 Å². The first kappa shape index (κ1) is 23.1. The van der Waals surface area contributed by atoms with Gasteiger partial charge in [0.15, 0.2) is 17.5 Å². The first-order chi connectivity index (χ1) is 19.1. The molecular weight excluding hydrogens is 487 g/mol. The van der Waals surface area contributed by atoms with E-state index in [0.717, 1.165) is 34.0 Å². The van der Waals surface area contributed by atoms with Crippen LogP contribution in [0.2, 0.25) is 0 Å². The van der Waals surface area contributed by atoms with E-state index in [9.17, 15) is 0 Å². The Morgan fingerprint density at radius 2 is 1.49 bits per heavy atom. The molecule has 0 fully saturated rings. The number of aliphatic imine (C=N–C) groups is 2. The maximum atomic E-state index is 15.6. The molecule has 0 bridgehead atoms. The summed E-state index contributed by atoms with van der Waals surface area (Å²) in [6.45, 7) is 4.01. The molecule has 3 heterocycles. The highest BCUT2D eigenvalue weighted by atomic mass is 19.1. The first-order valence-electron chi connectivity index (χ1n) is 12.9. The van der Waals surface area contributed by atoms with Crippen molar-refractivity contribution >= 4 is 34.6 Å². The Labute approximate surface area is 225 Å². The fraction of sp³-hybridized carbons (Fsp3) is 0.0938. The first-order valence-corrected chi connectivity index (χ1v) is 12.9. The molecule has 0 saturated carbocycles. The van der Waals surface area contributed by atoms with E-state index in [2.05, 4.69) is 17.1 Å². The molecule has 190 valence electrons. The third-order valence-corrected chi connectivity index (χ3v) is 7.15. The summed E-state index contributed by atoms with van der Waals surface area (Å²) < 4.78 is 17.4. The minimum Gasteiger partial charge on any atom is -0.337 e. The minimum atomic E-state index is -0.502. The molecular formula is C32H25FN6. The molecule has 0 spiro atoms. The highest BCUT2D eigenvalue weighted by Gasteiger charge is 2.42. The lowest BCUT2D eigenvalue weighted by atomic mass is 9.93. The van der Waals surface area contributed by atoms with E-state index in [4.69, 9.17) is 15.1 Å². The van der Waals surface area contributed by atoms with E-state index in [1.807, 2.05) is 103 Å². The average molecular weight is 513 g/mol. The van der Waals surface area contributed by atoms with Crippen LogP contribution in [0, 0.1) is 19.7 Å². The molecule has 2 aliphatic heterocycles. The topological polar surface area (TPSA) is 57.8 Å². The zero-order valence-corrected chi connectivity index (χ0v) is 21.5. The van der Waals surface area contributed by atoms with Gasteiger partial charge in [-0.15, -0.1) is 0 Å². The summed E-state index contributed by atoms with van der Waals surface area (Å²) in [6, 6.07) is 32.4. The molecule has 7 heteroatoms. The molecule has 0 saturated heterocycles. The van der Waals surface area contributed by atoms with Crippen LogP contribution in [0.5, 0.6) is 0 Å². The number of fused-ring (bicyclic) bond motifs is 4. The molecule has 1 atom stereocenters. The van der Waals surface area contributed by atoms with Crippen molar-refractivity contribution in [1.29, 1.82) is 0 Å². The van der Waals surface area contributed by atoms with Crippen molar-refractivity contribution < 1.29 is 4.39 Å². The summed E-state index contributed by atoms with van der Waals surface area (Å²) >= 11 is 0. The fourth-order valence-corrected chi connectivity index (χ4v) is 5.31. The lowest BCUT2D eigenvalue weighted by Crippen LogP contribution is -2.46. The van der Waals surface area contributed by atoms with E-state index in [0.29, 0.717) is 23.1 Å². The predicted octanol–water partition coefficient (Wildman–Crippen LogP) is 7.42. The van der Waals surface area contributed by atoms with Gasteiger partial charge in [-0.1, -0.05) is 66.2 Å². The smallest absolute Gasteiger partial charge is 0.179 e. The van der Waals surface area contributed by atoms with E-state index >= 15 is 4.39 Å². The van der Waals surface area contributed by atoms with Gasteiger partial charge in [0.2, 0.25) is 0 Å². The molecule has 7 rings (SSSR count). The molecule has 0 radical (unpaired) electrons. The van der Waals surface area contributed by atoms with E-state index < -0.39 is 6.04 Å². The number of anilines is 2. The number of aromatic nitrogens is 2. The summed E-state index contributed by atoms with van der Waals surface area (Å²) in [5.41, 5.74) is 6.78. The highest BCUT2D eigenvalue weighted by molar-refractivity contribution is 6.51. The Hall–Kier alpha value is -5.04. The van der Waals surface area contributed by atoms with Gasteiger partial charge in [0, 0.05) is 16.8 Å². The van der Waals surface area contributed by atoms with Crippen molar-refractivity contribution in [2.24, 2.45) is 9.98 Å². The van der Waals surface area contributed by atoms with Gasteiger partial charge in [-0.3, -0.25) is 0 Å². The summed E-state index contributed by atoms with van der Waals surface area (Å²) in [6.07, 6.45) is 0. The lowest BCUT2D eigenvalue weighted by molar-refractivity contribution is 0.597. The van der Waals surface area contributed by atoms with Gasteiger partial charge in [0.05, 0.1) is 28.8 Å². The zero-order chi connectivity index (χ0) is 26.5. The number of halogens is 1. The maximum Gasteiger partial charge on any atom is 0.179 e. The van der Waals surface area contributed by atoms with E-state index in [-0.39, 0.29) is 5.82 Å². The number of amidine groups is 2. The summed E-state index contributed by atoms with van der Waals surface area (Å²) in [5, 5.41) is 8.39. The quantitative estimate of drug-likeness (QED) is 0.274. The van der Waals surface area contributed by atoms with Crippen LogP contribution in [-0.4, -0.2) is 21.5 Å². The van der Waals surface area contributed by atoms with Gasteiger partial charge in [-0.05, 0) is 56.3 Å². The zero-order valence-electron chi connectivity index (χ0n) is 21.5. The Bertz CT molecular complexity index is 1770.